The maximum absolute atomic E-state index is 3.18. The van der Waals surface area contributed by atoms with Gasteiger partial charge in [0.25, 0.3) is 0 Å². The molecule has 0 bridgehead atoms. The van der Waals surface area contributed by atoms with Gasteiger partial charge in [0.1, 0.15) is 0 Å². The quantitative estimate of drug-likeness (QED) is 0.839. The first-order chi connectivity index (χ1) is 9.28. The van der Waals surface area contributed by atoms with Gasteiger partial charge in [0.2, 0.25) is 0 Å². The molecule has 1 aliphatic heterocycles. The molecular formula is C16H27N3. The molecule has 1 heterocycles. The van der Waals surface area contributed by atoms with Crippen LogP contribution in [0.5, 0.6) is 0 Å². The molecule has 1 saturated heterocycles. The number of hydrogen-bond donors (Lipinski definition) is 1. The van der Waals surface area contributed by atoms with Gasteiger partial charge >= 0.3 is 0 Å². The van der Waals surface area contributed by atoms with Gasteiger partial charge in [0.05, 0.1) is 0 Å². The lowest BCUT2D eigenvalue weighted by Gasteiger charge is -2.32. The molecule has 1 N–H and O–H groups in total. The molecule has 1 aliphatic rings. The highest BCUT2D eigenvalue weighted by Gasteiger charge is 2.12. The number of nitrogens with zero attached hydrogens (tertiary/aromatic N) is 2. The van der Waals surface area contributed by atoms with Crippen LogP contribution in [0.1, 0.15) is 17.5 Å². The SMILES string of the molecule is CNCc1ccc(CCCN2CCN(C)CC2)cc1. The van der Waals surface area contributed by atoms with Crippen molar-refractivity contribution in [2.45, 2.75) is 19.4 Å². The van der Waals surface area contributed by atoms with E-state index in [-0.39, 0.29) is 0 Å². The van der Waals surface area contributed by atoms with Crippen LogP contribution in [0.2, 0.25) is 0 Å². The first-order valence-corrected chi connectivity index (χ1v) is 7.41. The molecule has 19 heavy (non-hydrogen) atoms. The summed E-state index contributed by atoms with van der Waals surface area (Å²) in [5.41, 5.74) is 2.83. The van der Waals surface area contributed by atoms with Crippen LogP contribution in [0.3, 0.4) is 0 Å². The Morgan fingerprint density at radius 1 is 1.00 bits per heavy atom. The van der Waals surface area contributed by atoms with Crippen LogP contribution in [0.4, 0.5) is 0 Å². The Kier molecular flexibility index (Phi) is 5.83. The van der Waals surface area contributed by atoms with Crippen molar-refractivity contribution in [3.8, 4) is 0 Å². The molecule has 0 unspecified atom stereocenters. The fourth-order valence-corrected chi connectivity index (χ4v) is 2.61. The minimum atomic E-state index is 0.960. The zero-order valence-corrected chi connectivity index (χ0v) is 12.4. The third-order valence-electron chi connectivity index (χ3n) is 3.94. The van der Waals surface area contributed by atoms with E-state index in [1.54, 1.807) is 0 Å². The standard InChI is InChI=1S/C16H27N3/c1-17-14-16-7-5-15(6-8-16)4-3-9-19-12-10-18(2)11-13-19/h5-8,17H,3-4,9-14H2,1-2H3. The van der Waals surface area contributed by atoms with Crippen LogP contribution in [0.15, 0.2) is 24.3 Å². The maximum Gasteiger partial charge on any atom is 0.0202 e. The number of nitrogens with one attached hydrogen (secondary N) is 1. The summed E-state index contributed by atoms with van der Waals surface area (Å²) in [6.45, 7) is 7.11. The molecule has 3 nitrogen and oxygen atoms in total. The van der Waals surface area contributed by atoms with E-state index in [1.165, 1.54) is 56.7 Å². The zero-order chi connectivity index (χ0) is 13.5. The van der Waals surface area contributed by atoms with Crippen LogP contribution >= 0.6 is 0 Å². The predicted octanol–water partition coefficient (Wildman–Crippen LogP) is 1.59. The summed E-state index contributed by atoms with van der Waals surface area (Å²) in [7, 11) is 4.20. The van der Waals surface area contributed by atoms with Crippen LogP contribution in [0, 0.1) is 0 Å². The van der Waals surface area contributed by atoms with Crippen molar-refractivity contribution in [2.75, 3.05) is 46.8 Å². The van der Waals surface area contributed by atoms with E-state index in [9.17, 15) is 0 Å². The summed E-state index contributed by atoms with van der Waals surface area (Å²) in [6.07, 6.45) is 2.47. The second-order valence-electron chi connectivity index (χ2n) is 5.60. The molecule has 0 aliphatic carbocycles. The van der Waals surface area contributed by atoms with E-state index >= 15 is 0 Å². The van der Waals surface area contributed by atoms with Gasteiger partial charge in [-0.2, -0.15) is 0 Å². The molecule has 106 valence electrons. The number of benzene rings is 1. The molecule has 2 rings (SSSR count). The number of hydrogen-bond acceptors (Lipinski definition) is 3. The molecule has 1 fully saturated rings. The number of likely N-dealkylation sites (N-methyl/N-ethyl adjacent to an activating group) is 1. The minimum absolute atomic E-state index is 0.960. The molecule has 0 spiro atoms. The maximum atomic E-state index is 3.18. The summed E-state index contributed by atoms with van der Waals surface area (Å²) >= 11 is 0. The Hall–Kier alpha value is -0.900. The van der Waals surface area contributed by atoms with Crippen molar-refractivity contribution < 1.29 is 0 Å². The average Bonchev–Trinajstić information content (AvgIpc) is 2.43. The molecule has 1 aromatic carbocycles. The summed E-state index contributed by atoms with van der Waals surface area (Å²) in [4.78, 5) is 5.01. The Morgan fingerprint density at radius 2 is 1.63 bits per heavy atom. The van der Waals surface area contributed by atoms with Gasteiger partial charge in [-0.25, -0.2) is 0 Å². The van der Waals surface area contributed by atoms with Gasteiger partial charge in [-0.3, -0.25) is 0 Å². The third kappa shape index (κ3) is 4.94. The van der Waals surface area contributed by atoms with Crippen LogP contribution in [-0.2, 0) is 13.0 Å². The van der Waals surface area contributed by atoms with E-state index < -0.39 is 0 Å². The lowest BCUT2D eigenvalue weighted by atomic mass is 10.1. The van der Waals surface area contributed by atoms with Gasteiger partial charge in [0, 0.05) is 32.7 Å². The largest absolute Gasteiger partial charge is 0.316 e. The highest BCUT2D eigenvalue weighted by Crippen LogP contribution is 2.08. The van der Waals surface area contributed by atoms with Crippen LogP contribution in [0.25, 0.3) is 0 Å². The minimum Gasteiger partial charge on any atom is -0.316 e. The third-order valence-corrected chi connectivity index (χ3v) is 3.94. The molecule has 0 amide bonds. The molecule has 3 heteroatoms. The predicted molar refractivity (Wildman–Crippen MR) is 81.5 cm³/mol. The first kappa shape index (κ1) is 14.5. The number of piperazine rings is 1. The Labute approximate surface area is 117 Å². The lowest BCUT2D eigenvalue weighted by molar-refractivity contribution is 0.153. The normalized spacial score (nSPS) is 17.8. The fourth-order valence-electron chi connectivity index (χ4n) is 2.61. The Bertz CT molecular complexity index is 353. The van der Waals surface area contributed by atoms with Crippen molar-refractivity contribution in [3.63, 3.8) is 0 Å². The van der Waals surface area contributed by atoms with Crippen LogP contribution < -0.4 is 5.32 Å². The summed E-state index contributed by atoms with van der Waals surface area (Å²) in [5.74, 6) is 0. The first-order valence-electron chi connectivity index (χ1n) is 7.41. The molecular weight excluding hydrogens is 234 g/mol. The van der Waals surface area contributed by atoms with Gasteiger partial charge in [-0.05, 0) is 44.6 Å². The van der Waals surface area contributed by atoms with Gasteiger partial charge < -0.3 is 15.1 Å². The summed E-state index contributed by atoms with van der Waals surface area (Å²) in [6, 6.07) is 9.02. The number of aryl methyl sites for hydroxylation is 1. The Morgan fingerprint density at radius 3 is 2.26 bits per heavy atom. The van der Waals surface area contributed by atoms with E-state index in [2.05, 4.69) is 46.4 Å². The van der Waals surface area contributed by atoms with Crippen molar-refractivity contribution in [3.05, 3.63) is 35.4 Å². The second-order valence-corrected chi connectivity index (χ2v) is 5.60. The topological polar surface area (TPSA) is 18.5 Å². The van der Waals surface area contributed by atoms with Crippen molar-refractivity contribution in [1.82, 2.24) is 15.1 Å². The van der Waals surface area contributed by atoms with Gasteiger partial charge in [-0.1, -0.05) is 24.3 Å². The monoisotopic (exact) mass is 261 g/mol. The summed E-state index contributed by atoms with van der Waals surface area (Å²) in [5, 5.41) is 3.18. The fraction of sp³-hybridized carbons (Fsp3) is 0.625. The lowest BCUT2D eigenvalue weighted by Crippen LogP contribution is -2.44. The molecule has 0 saturated carbocycles. The van der Waals surface area contributed by atoms with Crippen molar-refractivity contribution in [1.29, 1.82) is 0 Å². The van der Waals surface area contributed by atoms with Crippen molar-refractivity contribution >= 4 is 0 Å². The van der Waals surface area contributed by atoms with Crippen molar-refractivity contribution in [2.24, 2.45) is 0 Å². The van der Waals surface area contributed by atoms with Crippen LogP contribution in [-0.4, -0.2) is 56.6 Å². The molecule has 1 aromatic rings. The smallest absolute Gasteiger partial charge is 0.0202 e. The molecule has 0 radical (unpaired) electrons. The number of rotatable bonds is 6. The van der Waals surface area contributed by atoms with Gasteiger partial charge in [-0.15, -0.1) is 0 Å². The summed E-state index contributed by atoms with van der Waals surface area (Å²) < 4.78 is 0. The average molecular weight is 261 g/mol. The van der Waals surface area contributed by atoms with Gasteiger partial charge in [0.15, 0.2) is 0 Å². The zero-order valence-electron chi connectivity index (χ0n) is 12.4. The molecule has 0 atom stereocenters. The van der Waals surface area contributed by atoms with E-state index in [1.807, 2.05) is 7.05 Å². The van der Waals surface area contributed by atoms with E-state index in [0.29, 0.717) is 0 Å². The second kappa shape index (κ2) is 7.63. The molecule has 0 aromatic heterocycles. The Balaban J connectivity index is 1.67. The highest BCUT2D eigenvalue weighted by molar-refractivity contribution is 5.22. The van der Waals surface area contributed by atoms with E-state index in [0.717, 1.165) is 6.54 Å². The van der Waals surface area contributed by atoms with E-state index in [4.69, 9.17) is 0 Å². The highest BCUT2D eigenvalue weighted by atomic mass is 15.2.